The van der Waals surface area contributed by atoms with Crippen molar-refractivity contribution in [1.29, 1.82) is 0 Å². The minimum atomic E-state index is -0.226. The second-order valence-corrected chi connectivity index (χ2v) is 4.55. The van der Waals surface area contributed by atoms with E-state index in [9.17, 15) is 4.39 Å². The number of nitrogens with zero attached hydrogens (tertiary/aromatic N) is 1. The van der Waals surface area contributed by atoms with Gasteiger partial charge in [0.2, 0.25) is 0 Å². The van der Waals surface area contributed by atoms with E-state index in [1.165, 1.54) is 31.4 Å². The molecule has 0 radical (unpaired) electrons. The molecule has 2 rings (SSSR count). The molecule has 0 fully saturated rings. The highest BCUT2D eigenvalue weighted by molar-refractivity contribution is 5.74. The second kappa shape index (κ2) is 6.50. The predicted molar refractivity (Wildman–Crippen MR) is 72.2 cm³/mol. The molecule has 0 amide bonds. The number of rotatable bonds is 7. The van der Waals surface area contributed by atoms with Crippen LogP contribution in [0.15, 0.2) is 18.2 Å². The minimum Gasteiger partial charge on any atom is -0.342 e. The highest BCUT2D eigenvalue weighted by atomic mass is 19.1. The molecule has 0 aliphatic heterocycles. The van der Waals surface area contributed by atoms with Crippen molar-refractivity contribution in [2.45, 2.75) is 32.6 Å². The molecule has 0 bridgehead atoms. The van der Waals surface area contributed by atoms with Crippen LogP contribution in [-0.2, 0) is 6.42 Å². The molecule has 0 atom stereocenters. The molecule has 2 N–H and O–H groups in total. The smallest absolute Gasteiger partial charge is 0.125 e. The van der Waals surface area contributed by atoms with Crippen LogP contribution in [0.3, 0.4) is 0 Å². The molecule has 0 saturated heterocycles. The predicted octanol–water partition coefficient (Wildman–Crippen LogP) is 3.02. The molecule has 0 aliphatic carbocycles. The zero-order valence-electron chi connectivity index (χ0n) is 10.8. The van der Waals surface area contributed by atoms with Gasteiger partial charge >= 0.3 is 0 Å². The number of unbranched alkanes of at least 4 members (excludes halogenated alkanes) is 2. The van der Waals surface area contributed by atoms with Crippen LogP contribution in [0.2, 0.25) is 0 Å². The number of nitrogens with one attached hydrogen (secondary N) is 2. The summed E-state index contributed by atoms with van der Waals surface area (Å²) < 4.78 is 13.0. The first-order valence-electron chi connectivity index (χ1n) is 6.64. The zero-order chi connectivity index (χ0) is 12.8. The van der Waals surface area contributed by atoms with Gasteiger partial charge in [0, 0.05) is 13.0 Å². The van der Waals surface area contributed by atoms with Crippen LogP contribution in [0.4, 0.5) is 4.39 Å². The molecule has 18 heavy (non-hydrogen) atoms. The number of hydrogen-bond donors (Lipinski definition) is 2. The summed E-state index contributed by atoms with van der Waals surface area (Å²) in [5.41, 5.74) is 1.60. The standard InChI is InChI=1S/C14H20FN3/c1-2-3-4-8-16-9-7-14-17-12-6-5-11(15)10-13(12)18-14/h5-6,10,16H,2-4,7-9H2,1H3,(H,17,18). The maximum atomic E-state index is 13.0. The molecule has 0 aliphatic rings. The Hall–Kier alpha value is -1.42. The molecule has 98 valence electrons. The van der Waals surface area contributed by atoms with Crippen molar-refractivity contribution in [3.63, 3.8) is 0 Å². The van der Waals surface area contributed by atoms with Gasteiger partial charge < -0.3 is 10.3 Å². The number of aromatic amines is 1. The summed E-state index contributed by atoms with van der Waals surface area (Å²) in [6.07, 6.45) is 4.60. The van der Waals surface area contributed by atoms with E-state index in [1.54, 1.807) is 6.07 Å². The van der Waals surface area contributed by atoms with Gasteiger partial charge in [-0.05, 0) is 31.2 Å². The van der Waals surface area contributed by atoms with Crippen molar-refractivity contribution in [3.05, 3.63) is 29.8 Å². The summed E-state index contributed by atoms with van der Waals surface area (Å²) >= 11 is 0. The Balaban J connectivity index is 1.81. The summed E-state index contributed by atoms with van der Waals surface area (Å²) in [6, 6.07) is 4.63. The first-order chi connectivity index (χ1) is 8.79. The van der Waals surface area contributed by atoms with Crippen LogP contribution >= 0.6 is 0 Å². The average Bonchev–Trinajstić information content (AvgIpc) is 2.75. The van der Waals surface area contributed by atoms with Gasteiger partial charge in [0.1, 0.15) is 11.6 Å². The van der Waals surface area contributed by atoms with Gasteiger partial charge in [-0.1, -0.05) is 19.8 Å². The number of fused-ring (bicyclic) bond motifs is 1. The lowest BCUT2D eigenvalue weighted by molar-refractivity contribution is 0.612. The normalized spacial score (nSPS) is 11.2. The van der Waals surface area contributed by atoms with Gasteiger partial charge in [0.25, 0.3) is 0 Å². The number of hydrogen-bond acceptors (Lipinski definition) is 2. The molecule has 3 nitrogen and oxygen atoms in total. The van der Waals surface area contributed by atoms with E-state index in [2.05, 4.69) is 22.2 Å². The maximum Gasteiger partial charge on any atom is 0.125 e. The van der Waals surface area contributed by atoms with Crippen molar-refractivity contribution in [1.82, 2.24) is 15.3 Å². The first kappa shape index (κ1) is 13.0. The Morgan fingerprint density at radius 2 is 2.17 bits per heavy atom. The Labute approximate surface area is 107 Å². The molecular formula is C14H20FN3. The first-order valence-corrected chi connectivity index (χ1v) is 6.64. The summed E-state index contributed by atoms with van der Waals surface area (Å²) in [6.45, 7) is 4.17. The van der Waals surface area contributed by atoms with Crippen LogP contribution in [-0.4, -0.2) is 23.1 Å². The number of halogens is 1. The fourth-order valence-corrected chi connectivity index (χ4v) is 1.98. The highest BCUT2D eigenvalue weighted by Gasteiger charge is 2.03. The third kappa shape index (κ3) is 3.53. The van der Waals surface area contributed by atoms with Crippen molar-refractivity contribution in [2.75, 3.05) is 13.1 Å². The highest BCUT2D eigenvalue weighted by Crippen LogP contribution is 2.12. The monoisotopic (exact) mass is 249 g/mol. The third-order valence-corrected chi connectivity index (χ3v) is 2.99. The third-order valence-electron chi connectivity index (χ3n) is 2.99. The molecule has 0 saturated carbocycles. The van der Waals surface area contributed by atoms with Gasteiger partial charge in [-0.15, -0.1) is 0 Å². The van der Waals surface area contributed by atoms with E-state index in [0.29, 0.717) is 0 Å². The molecule has 2 aromatic rings. The molecule has 4 heteroatoms. The van der Waals surface area contributed by atoms with E-state index in [0.717, 1.165) is 36.4 Å². The maximum absolute atomic E-state index is 13.0. The summed E-state index contributed by atoms with van der Waals surface area (Å²) in [5, 5.41) is 3.39. The van der Waals surface area contributed by atoms with Crippen LogP contribution in [0, 0.1) is 5.82 Å². The number of H-pyrrole nitrogens is 1. The average molecular weight is 249 g/mol. The fraction of sp³-hybridized carbons (Fsp3) is 0.500. The zero-order valence-corrected chi connectivity index (χ0v) is 10.8. The van der Waals surface area contributed by atoms with E-state index in [1.807, 2.05) is 0 Å². The number of aromatic nitrogens is 2. The van der Waals surface area contributed by atoms with Gasteiger partial charge in [0.15, 0.2) is 0 Å². The van der Waals surface area contributed by atoms with E-state index in [-0.39, 0.29) is 5.82 Å². The van der Waals surface area contributed by atoms with Crippen molar-refractivity contribution in [3.8, 4) is 0 Å². The van der Waals surface area contributed by atoms with E-state index >= 15 is 0 Å². The second-order valence-electron chi connectivity index (χ2n) is 4.55. The Morgan fingerprint density at radius 3 is 3.00 bits per heavy atom. The van der Waals surface area contributed by atoms with Gasteiger partial charge in [-0.3, -0.25) is 0 Å². The lowest BCUT2D eigenvalue weighted by atomic mass is 10.2. The topological polar surface area (TPSA) is 40.7 Å². The van der Waals surface area contributed by atoms with E-state index < -0.39 is 0 Å². The lowest BCUT2D eigenvalue weighted by Gasteiger charge is -2.01. The molecule has 0 unspecified atom stereocenters. The minimum absolute atomic E-state index is 0.226. The SMILES string of the molecule is CCCCCNCCc1nc2ccc(F)cc2[nH]1. The van der Waals surface area contributed by atoms with Crippen LogP contribution in [0.1, 0.15) is 32.0 Å². The van der Waals surface area contributed by atoms with Gasteiger partial charge in [-0.25, -0.2) is 9.37 Å². The van der Waals surface area contributed by atoms with Crippen molar-refractivity contribution in [2.24, 2.45) is 0 Å². The molecule has 1 aromatic heterocycles. The van der Waals surface area contributed by atoms with Crippen LogP contribution < -0.4 is 5.32 Å². The Kier molecular flexibility index (Phi) is 4.70. The summed E-state index contributed by atoms with van der Waals surface area (Å²) in [7, 11) is 0. The lowest BCUT2D eigenvalue weighted by Crippen LogP contribution is -2.18. The molecular weight excluding hydrogens is 229 g/mol. The largest absolute Gasteiger partial charge is 0.342 e. The molecule has 1 heterocycles. The summed E-state index contributed by atoms with van der Waals surface area (Å²) in [5.74, 6) is 0.689. The van der Waals surface area contributed by atoms with Crippen molar-refractivity contribution < 1.29 is 4.39 Å². The molecule has 0 spiro atoms. The van der Waals surface area contributed by atoms with Gasteiger partial charge in [-0.2, -0.15) is 0 Å². The Bertz CT molecular complexity index is 493. The quantitative estimate of drug-likeness (QED) is 0.740. The van der Waals surface area contributed by atoms with Crippen LogP contribution in [0.25, 0.3) is 11.0 Å². The fourth-order valence-electron chi connectivity index (χ4n) is 1.98. The van der Waals surface area contributed by atoms with Crippen LogP contribution in [0.5, 0.6) is 0 Å². The summed E-state index contributed by atoms with van der Waals surface area (Å²) in [4.78, 5) is 7.57. The van der Waals surface area contributed by atoms with Gasteiger partial charge in [0.05, 0.1) is 11.0 Å². The van der Waals surface area contributed by atoms with E-state index in [4.69, 9.17) is 0 Å². The number of benzene rings is 1. The van der Waals surface area contributed by atoms with Crippen molar-refractivity contribution >= 4 is 11.0 Å². The number of imidazole rings is 1. The Morgan fingerprint density at radius 1 is 1.28 bits per heavy atom. The molecule has 1 aromatic carbocycles.